The normalized spacial score (nSPS) is 17.5. The molecule has 2 atom stereocenters. The number of aromatic nitrogens is 5. The number of tetrazole rings is 1. The summed E-state index contributed by atoms with van der Waals surface area (Å²) < 4.78 is 8.01. The maximum Gasteiger partial charge on any atom is 0.252 e. The Morgan fingerprint density at radius 2 is 2.06 bits per heavy atom. The Morgan fingerprint density at radius 1 is 1.26 bits per heavy atom. The topological polar surface area (TPSA) is 88.9 Å². The first-order valence-electron chi connectivity index (χ1n) is 13.0. The predicted molar refractivity (Wildman–Crippen MR) is 139 cm³/mol. The lowest BCUT2D eigenvalue weighted by Crippen LogP contribution is -2.39. The molecule has 0 amide bonds. The third kappa shape index (κ3) is 5.48. The molecule has 1 fully saturated rings. The van der Waals surface area contributed by atoms with Crippen molar-refractivity contribution >= 4 is 10.9 Å². The number of aromatic amines is 1. The van der Waals surface area contributed by atoms with Gasteiger partial charge in [-0.25, -0.2) is 4.68 Å². The summed E-state index contributed by atoms with van der Waals surface area (Å²) in [6.07, 6.45) is 5.06. The van der Waals surface area contributed by atoms with E-state index in [2.05, 4.69) is 78.2 Å². The van der Waals surface area contributed by atoms with Gasteiger partial charge < -0.3 is 9.72 Å². The summed E-state index contributed by atoms with van der Waals surface area (Å²) in [5.41, 5.74) is 3.71. The zero-order valence-electron chi connectivity index (χ0n) is 22.1. The first-order chi connectivity index (χ1) is 16.7. The zero-order chi connectivity index (χ0) is 25.2. The summed E-state index contributed by atoms with van der Waals surface area (Å²) in [7, 11) is 0. The highest BCUT2D eigenvalue weighted by Gasteiger charge is 2.33. The van der Waals surface area contributed by atoms with E-state index in [0.717, 1.165) is 73.1 Å². The minimum Gasteiger partial charge on any atom is -0.377 e. The molecule has 1 aromatic carbocycles. The van der Waals surface area contributed by atoms with Gasteiger partial charge in [0.2, 0.25) is 0 Å². The molecule has 1 aliphatic rings. The summed E-state index contributed by atoms with van der Waals surface area (Å²) in [5.74, 6) is 0.862. The number of rotatable bonds is 10. The van der Waals surface area contributed by atoms with Crippen LogP contribution in [0.3, 0.4) is 0 Å². The number of nitrogens with one attached hydrogen (secondary N) is 1. The SMILES string of the molecule is CCC[C@@H](c1nnnn1C(C)(C)CC)N(Cc1cc2cc(C)cc(C)c2[nH]c1=O)C[C@H]1CCCO1. The maximum absolute atomic E-state index is 13.2. The standard InChI is InChI=1S/C27H40N6O2/c1-7-10-23(25-29-30-31-33(25)27(5,6)8-2)32(17-22-11-9-12-35-22)16-21-15-20-14-18(3)13-19(4)24(20)28-26(21)34/h13-15,22-23H,7-12,16-17H2,1-6H3,(H,28,34)/t22-,23+/m1/s1. The molecule has 3 aromatic rings. The Kier molecular flexibility index (Phi) is 7.71. The summed E-state index contributed by atoms with van der Waals surface area (Å²) in [6.45, 7) is 14.9. The van der Waals surface area contributed by atoms with E-state index in [-0.39, 0.29) is 23.2 Å². The van der Waals surface area contributed by atoms with Crippen molar-refractivity contribution in [2.45, 2.75) is 97.9 Å². The molecule has 0 bridgehead atoms. The van der Waals surface area contributed by atoms with Gasteiger partial charge in [0.05, 0.1) is 23.2 Å². The fraction of sp³-hybridized carbons (Fsp3) is 0.630. The van der Waals surface area contributed by atoms with Crippen molar-refractivity contribution in [3.05, 3.63) is 51.1 Å². The molecule has 8 heteroatoms. The van der Waals surface area contributed by atoms with Gasteiger partial charge in [0.25, 0.3) is 5.56 Å². The lowest BCUT2D eigenvalue weighted by Gasteiger charge is -2.34. The molecule has 0 saturated carbocycles. The van der Waals surface area contributed by atoms with E-state index in [4.69, 9.17) is 4.74 Å². The molecule has 1 aliphatic heterocycles. The van der Waals surface area contributed by atoms with Crippen LogP contribution < -0.4 is 5.56 Å². The van der Waals surface area contributed by atoms with Crippen LogP contribution in [-0.4, -0.2) is 49.3 Å². The molecule has 1 saturated heterocycles. The molecule has 3 heterocycles. The summed E-state index contributed by atoms with van der Waals surface area (Å²) in [6, 6.07) is 6.28. The second-order valence-corrected chi connectivity index (χ2v) is 10.7. The predicted octanol–water partition coefficient (Wildman–Crippen LogP) is 4.80. The molecule has 4 rings (SSSR count). The van der Waals surface area contributed by atoms with Gasteiger partial charge in [-0.1, -0.05) is 31.9 Å². The van der Waals surface area contributed by atoms with Crippen molar-refractivity contribution in [2.24, 2.45) is 0 Å². The van der Waals surface area contributed by atoms with E-state index in [9.17, 15) is 4.79 Å². The van der Waals surface area contributed by atoms with Crippen LogP contribution in [0.25, 0.3) is 10.9 Å². The molecule has 0 spiro atoms. The highest BCUT2D eigenvalue weighted by molar-refractivity contribution is 5.82. The highest BCUT2D eigenvalue weighted by Crippen LogP contribution is 2.31. The lowest BCUT2D eigenvalue weighted by molar-refractivity contribution is 0.0462. The average Bonchev–Trinajstić information content (AvgIpc) is 3.51. The molecular weight excluding hydrogens is 440 g/mol. The second-order valence-electron chi connectivity index (χ2n) is 10.7. The third-order valence-electron chi connectivity index (χ3n) is 7.44. The highest BCUT2D eigenvalue weighted by atomic mass is 16.5. The van der Waals surface area contributed by atoms with Gasteiger partial charge in [-0.3, -0.25) is 9.69 Å². The number of benzene rings is 1. The van der Waals surface area contributed by atoms with Crippen molar-refractivity contribution in [3.63, 3.8) is 0 Å². The first-order valence-corrected chi connectivity index (χ1v) is 13.0. The van der Waals surface area contributed by atoms with Crippen LogP contribution in [0.1, 0.15) is 88.4 Å². The summed E-state index contributed by atoms with van der Waals surface area (Å²) in [4.78, 5) is 18.7. The Balaban J connectivity index is 1.76. The number of aryl methyl sites for hydroxylation is 2. The molecule has 190 valence electrons. The number of hydrogen-bond donors (Lipinski definition) is 1. The van der Waals surface area contributed by atoms with E-state index in [1.54, 1.807) is 0 Å². The van der Waals surface area contributed by atoms with Crippen LogP contribution in [0.5, 0.6) is 0 Å². The number of H-pyrrole nitrogens is 1. The van der Waals surface area contributed by atoms with E-state index >= 15 is 0 Å². The molecule has 0 aliphatic carbocycles. The molecule has 2 aromatic heterocycles. The van der Waals surface area contributed by atoms with Crippen LogP contribution >= 0.6 is 0 Å². The quantitative estimate of drug-likeness (QED) is 0.448. The second kappa shape index (κ2) is 10.6. The van der Waals surface area contributed by atoms with Gasteiger partial charge in [0.15, 0.2) is 5.82 Å². The van der Waals surface area contributed by atoms with Gasteiger partial charge in [0.1, 0.15) is 0 Å². The Bertz CT molecular complexity index is 1210. The van der Waals surface area contributed by atoms with Crippen molar-refractivity contribution in [1.82, 2.24) is 30.1 Å². The molecule has 35 heavy (non-hydrogen) atoms. The van der Waals surface area contributed by atoms with Gasteiger partial charge in [-0.05, 0) is 86.9 Å². The average molecular weight is 481 g/mol. The molecular formula is C27H40N6O2. The fourth-order valence-electron chi connectivity index (χ4n) is 5.15. The zero-order valence-corrected chi connectivity index (χ0v) is 22.1. The molecule has 0 unspecified atom stereocenters. The number of pyridine rings is 1. The Labute approximate surface area is 208 Å². The minimum atomic E-state index is -0.199. The first kappa shape index (κ1) is 25.5. The van der Waals surface area contributed by atoms with Crippen LogP contribution in [0.15, 0.2) is 23.0 Å². The summed E-state index contributed by atoms with van der Waals surface area (Å²) in [5, 5.41) is 14.0. The Hall–Kier alpha value is -2.58. The van der Waals surface area contributed by atoms with Crippen LogP contribution in [-0.2, 0) is 16.8 Å². The van der Waals surface area contributed by atoms with E-state index in [1.807, 2.05) is 11.6 Å². The minimum absolute atomic E-state index is 0.0145. The van der Waals surface area contributed by atoms with Crippen molar-refractivity contribution < 1.29 is 4.74 Å². The number of nitrogens with zero attached hydrogens (tertiary/aromatic N) is 5. The Morgan fingerprint density at radius 3 is 2.74 bits per heavy atom. The van der Waals surface area contributed by atoms with Crippen LogP contribution in [0.4, 0.5) is 0 Å². The van der Waals surface area contributed by atoms with Gasteiger partial charge in [-0.2, -0.15) is 0 Å². The van der Waals surface area contributed by atoms with E-state index in [0.29, 0.717) is 6.54 Å². The number of hydrogen-bond acceptors (Lipinski definition) is 6. The third-order valence-corrected chi connectivity index (χ3v) is 7.44. The lowest BCUT2D eigenvalue weighted by atomic mass is 10.00. The van der Waals surface area contributed by atoms with Crippen molar-refractivity contribution in [2.75, 3.05) is 13.2 Å². The van der Waals surface area contributed by atoms with E-state index in [1.165, 1.54) is 5.56 Å². The molecule has 1 N–H and O–H groups in total. The van der Waals surface area contributed by atoms with Crippen molar-refractivity contribution in [3.8, 4) is 0 Å². The van der Waals surface area contributed by atoms with E-state index < -0.39 is 0 Å². The van der Waals surface area contributed by atoms with Gasteiger partial charge in [-0.15, -0.1) is 5.10 Å². The maximum atomic E-state index is 13.2. The summed E-state index contributed by atoms with van der Waals surface area (Å²) >= 11 is 0. The van der Waals surface area contributed by atoms with Crippen LogP contribution in [0.2, 0.25) is 0 Å². The fourth-order valence-corrected chi connectivity index (χ4v) is 5.15. The smallest absolute Gasteiger partial charge is 0.252 e. The van der Waals surface area contributed by atoms with Crippen molar-refractivity contribution in [1.29, 1.82) is 0 Å². The monoisotopic (exact) mass is 480 g/mol. The van der Waals surface area contributed by atoms with Gasteiger partial charge >= 0.3 is 0 Å². The largest absolute Gasteiger partial charge is 0.377 e. The van der Waals surface area contributed by atoms with Crippen LogP contribution in [0, 0.1) is 13.8 Å². The molecule has 0 radical (unpaired) electrons. The van der Waals surface area contributed by atoms with Gasteiger partial charge in [0, 0.05) is 25.3 Å². The molecule has 8 nitrogen and oxygen atoms in total. The number of fused-ring (bicyclic) bond motifs is 1. The number of ether oxygens (including phenoxy) is 1.